The van der Waals surface area contributed by atoms with E-state index in [1.165, 1.54) is 18.2 Å². The number of hydrogen-bond donors (Lipinski definition) is 0. The Balaban J connectivity index is 1.39. The van der Waals surface area contributed by atoms with Crippen molar-refractivity contribution in [2.45, 2.75) is 36.0 Å². The van der Waals surface area contributed by atoms with Gasteiger partial charge in [-0.3, -0.25) is 9.59 Å². The standard InChI is InChI=1S/C33H28N2O8S2/c1-2-15-41-32(38)25(19-26(36)29(21-34)44-16-9-10-17-44)35-31(37)24-18-27-28(20-30(24)45(35,39)40)43-33(42-27,22-11-5-3-6-12-22)23-13-7-4-8-14-23/h2-8,11-14,18,20,25H,1,9-10,15-17,19H2/t25-/m0/s1. The van der Waals surface area contributed by atoms with E-state index in [-0.39, 0.29) is 28.5 Å². The lowest BCUT2D eigenvalue weighted by atomic mass is 9.97. The van der Waals surface area contributed by atoms with Crippen LogP contribution in [0.3, 0.4) is 0 Å². The number of hydrogen-bond acceptors (Lipinski definition) is 9. The molecule has 1 saturated heterocycles. The van der Waals surface area contributed by atoms with Gasteiger partial charge >= 0.3 is 11.8 Å². The van der Waals surface area contributed by atoms with E-state index in [2.05, 4.69) is 6.58 Å². The molecule has 12 heteroatoms. The molecular formula is C33H28N2O8S2. The number of ketones is 1. The van der Waals surface area contributed by atoms with Gasteiger partial charge in [-0.2, -0.15) is 15.7 Å². The number of Topliss-reactive ketones (excluding diaryl/α,β-unsaturated/α-hetero) is 1. The van der Waals surface area contributed by atoms with Crippen LogP contribution in [-0.4, -0.2) is 59.4 Å². The lowest BCUT2D eigenvalue weighted by Gasteiger charge is -2.28. The summed E-state index contributed by atoms with van der Waals surface area (Å²) in [6, 6.07) is 20.8. The predicted molar refractivity (Wildman–Crippen MR) is 166 cm³/mol. The summed E-state index contributed by atoms with van der Waals surface area (Å²) in [6.07, 6.45) is 2.29. The van der Waals surface area contributed by atoms with Gasteiger partial charge in [-0.05, 0) is 30.4 Å². The molecule has 0 radical (unpaired) electrons. The van der Waals surface area contributed by atoms with Gasteiger partial charge < -0.3 is 14.2 Å². The number of fused-ring (bicyclic) bond motifs is 2. The Bertz CT molecular complexity index is 1850. The van der Waals surface area contributed by atoms with E-state index in [1.54, 1.807) is 0 Å². The van der Waals surface area contributed by atoms with Gasteiger partial charge in [-0.25, -0.2) is 17.5 Å². The molecule has 3 aromatic carbocycles. The number of nitriles is 1. The molecule has 230 valence electrons. The summed E-state index contributed by atoms with van der Waals surface area (Å²) >= 11 is 0. The van der Waals surface area contributed by atoms with Crippen molar-refractivity contribution in [3.05, 3.63) is 102 Å². The molecule has 1 fully saturated rings. The molecule has 6 rings (SSSR count). The first kappa shape index (κ1) is 30.3. The molecule has 45 heavy (non-hydrogen) atoms. The first-order chi connectivity index (χ1) is 21.7. The average molecular weight is 645 g/mol. The number of ether oxygens (including phenoxy) is 3. The van der Waals surface area contributed by atoms with Gasteiger partial charge in [0.15, 0.2) is 23.3 Å². The van der Waals surface area contributed by atoms with Crippen LogP contribution in [0.4, 0.5) is 0 Å². The minimum Gasteiger partial charge on any atom is -0.460 e. The van der Waals surface area contributed by atoms with Crippen molar-refractivity contribution < 1.29 is 37.0 Å². The quantitative estimate of drug-likeness (QED) is 0.189. The summed E-state index contributed by atoms with van der Waals surface area (Å²) in [7, 11) is -5.26. The van der Waals surface area contributed by atoms with Gasteiger partial charge in [0.25, 0.3) is 15.9 Å². The highest BCUT2D eigenvalue weighted by Crippen LogP contribution is 2.51. The number of carbonyl (C=O) groups is 3. The Hall–Kier alpha value is -4.73. The molecule has 0 aliphatic carbocycles. The normalized spacial score (nSPS) is 18.1. The van der Waals surface area contributed by atoms with Crippen molar-refractivity contribution in [3.8, 4) is 17.6 Å². The number of carbonyl (C=O) groups excluding carboxylic acids is 3. The van der Waals surface area contributed by atoms with E-state index in [1.807, 2.05) is 66.7 Å². The van der Waals surface area contributed by atoms with E-state index in [0.29, 0.717) is 26.9 Å². The zero-order chi connectivity index (χ0) is 31.8. The molecule has 0 N–H and O–H groups in total. The zero-order valence-electron chi connectivity index (χ0n) is 24.0. The number of amides is 1. The van der Waals surface area contributed by atoms with Crippen molar-refractivity contribution in [1.29, 1.82) is 5.26 Å². The monoisotopic (exact) mass is 644 g/mol. The van der Waals surface area contributed by atoms with E-state index in [4.69, 9.17) is 14.2 Å². The van der Waals surface area contributed by atoms with Crippen LogP contribution in [-0.2, 0) is 30.1 Å². The van der Waals surface area contributed by atoms with Crippen molar-refractivity contribution in [3.63, 3.8) is 0 Å². The maximum absolute atomic E-state index is 14.0. The van der Waals surface area contributed by atoms with E-state index < -0.39 is 61.3 Å². The van der Waals surface area contributed by atoms with Gasteiger partial charge in [0, 0.05) is 23.6 Å². The summed E-state index contributed by atoms with van der Waals surface area (Å²) < 4.78 is 46.3. The van der Waals surface area contributed by atoms with E-state index in [9.17, 15) is 28.1 Å². The second-order valence-corrected chi connectivity index (χ2v) is 14.6. The molecule has 3 aliphatic heterocycles. The second-order valence-electron chi connectivity index (χ2n) is 10.6. The number of sulfonamides is 1. The molecule has 1 amide bonds. The van der Waals surface area contributed by atoms with Crippen LogP contribution in [0.1, 0.15) is 40.7 Å². The minimum atomic E-state index is -4.67. The molecule has 0 saturated carbocycles. The lowest BCUT2D eigenvalue weighted by molar-refractivity contribution is -0.147. The van der Waals surface area contributed by atoms with Crippen LogP contribution < -0.4 is 9.47 Å². The lowest BCUT2D eigenvalue weighted by Crippen LogP contribution is -2.47. The molecule has 0 unspecified atom stereocenters. The zero-order valence-corrected chi connectivity index (χ0v) is 25.6. The highest BCUT2D eigenvalue weighted by atomic mass is 32.2. The Morgan fingerprint density at radius 2 is 1.60 bits per heavy atom. The highest BCUT2D eigenvalue weighted by Gasteiger charge is 2.52. The predicted octanol–water partition coefficient (Wildman–Crippen LogP) is 4.32. The molecule has 3 aliphatic rings. The fourth-order valence-corrected chi connectivity index (χ4v) is 9.64. The number of esters is 1. The van der Waals surface area contributed by atoms with Crippen molar-refractivity contribution in [2.24, 2.45) is 0 Å². The fourth-order valence-electron chi connectivity index (χ4n) is 5.69. The number of benzene rings is 3. The molecule has 0 aromatic heterocycles. The van der Waals surface area contributed by atoms with Crippen molar-refractivity contribution >= 4 is 43.0 Å². The Labute approximate surface area is 262 Å². The maximum Gasteiger partial charge on any atom is 0.330 e. The minimum absolute atomic E-state index is 0.00508. The summed E-state index contributed by atoms with van der Waals surface area (Å²) in [5.41, 5.74) is 1.03. The number of nitrogens with zero attached hydrogens (tertiary/aromatic N) is 2. The van der Waals surface area contributed by atoms with Crippen LogP contribution in [0.25, 0.3) is 0 Å². The molecule has 3 aromatic rings. The summed E-state index contributed by atoms with van der Waals surface area (Å²) in [5.74, 6) is -2.74. The fraction of sp³-hybridized carbons (Fsp3) is 0.242. The van der Waals surface area contributed by atoms with Crippen molar-refractivity contribution in [2.75, 3.05) is 18.1 Å². The molecule has 10 nitrogen and oxygen atoms in total. The SMILES string of the molecule is C=CCOC(=O)[C@H](CC(=O)C(C#N)=S1CCCC1)N1C(=O)c2cc3c(cc2S1(=O)=O)OC(c1ccccc1)(c1ccccc1)O3. The maximum atomic E-state index is 14.0. The van der Waals surface area contributed by atoms with E-state index >= 15 is 0 Å². The molecule has 0 bridgehead atoms. The second kappa shape index (κ2) is 12.0. The summed E-state index contributed by atoms with van der Waals surface area (Å²) in [4.78, 5) is 40.0. The van der Waals surface area contributed by atoms with E-state index in [0.717, 1.165) is 12.8 Å². The van der Waals surface area contributed by atoms with Gasteiger partial charge in [-0.1, -0.05) is 73.3 Å². The number of rotatable bonds is 9. The van der Waals surface area contributed by atoms with Gasteiger partial charge in [-0.15, -0.1) is 0 Å². The average Bonchev–Trinajstić information content (AvgIpc) is 3.76. The first-order valence-corrected chi connectivity index (χ1v) is 17.2. The topological polar surface area (TPSA) is 140 Å². The third-order valence-electron chi connectivity index (χ3n) is 7.78. The Morgan fingerprint density at radius 1 is 1.02 bits per heavy atom. The molecule has 3 heterocycles. The van der Waals surface area contributed by atoms with Gasteiger partial charge in [0.2, 0.25) is 0 Å². The van der Waals surface area contributed by atoms with Gasteiger partial charge in [0.05, 0.1) is 5.56 Å². The molecule has 1 atom stereocenters. The third kappa shape index (κ3) is 5.22. The van der Waals surface area contributed by atoms with Crippen LogP contribution in [0.5, 0.6) is 11.5 Å². The van der Waals surface area contributed by atoms with Crippen LogP contribution in [0, 0.1) is 11.3 Å². The van der Waals surface area contributed by atoms with Crippen LogP contribution >= 0.6 is 10.5 Å². The third-order valence-corrected chi connectivity index (χ3v) is 12.1. The van der Waals surface area contributed by atoms with Gasteiger partial charge in [0.1, 0.15) is 22.4 Å². The summed E-state index contributed by atoms with van der Waals surface area (Å²) in [5, 5.41) is 9.76. The van der Waals surface area contributed by atoms with Crippen LogP contribution in [0.15, 0.2) is 90.3 Å². The first-order valence-electron chi connectivity index (χ1n) is 14.2. The highest BCUT2D eigenvalue weighted by molar-refractivity contribution is 8.17. The Morgan fingerprint density at radius 3 is 2.16 bits per heavy atom. The molecular weight excluding hydrogens is 617 g/mol. The largest absolute Gasteiger partial charge is 0.460 e. The van der Waals surface area contributed by atoms with Crippen LogP contribution in [0.2, 0.25) is 0 Å². The summed E-state index contributed by atoms with van der Waals surface area (Å²) in [6.45, 7) is 3.22. The van der Waals surface area contributed by atoms with Crippen molar-refractivity contribution in [1.82, 2.24) is 4.31 Å². The Kier molecular flexibility index (Phi) is 8.07. The smallest absolute Gasteiger partial charge is 0.330 e. The molecule has 0 spiro atoms.